The van der Waals surface area contributed by atoms with Crippen molar-refractivity contribution in [3.05, 3.63) is 60.8 Å². The van der Waals surface area contributed by atoms with Crippen LogP contribution in [0.5, 0.6) is 0 Å². The summed E-state index contributed by atoms with van der Waals surface area (Å²) < 4.78 is 7.98. The Labute approximate surface area is 181 Å². The molecule has 0 radical (unpaired) electrons. The Kier molecular flexibility index (Phi) is 6.80. The highest BCUT2D eigenvalue weighted by molar-refractivity contribution is 5.81. The van der Waals surface area contributed by atoms with E-state index in [9.17, 15) is 24.8 Å². The minimum Gasteiger partial charge on any atom is -0.389 e. The normalized spacial score (nSPS) is 12.7. The first kappa shape index (κ1) is 22.8. The molecule has 2 aromatic heterocycles. The number of fused-ring (bicyclic) bond motifs is 1. The van der Waals surface area contributed by atoms with Crippen LogP contribution in [-0.4, -0.2) is 54.2 Å². The van der Waals surface area contributed by atoms with Crippen molar-refractivity contribution in [3.63, 3.8) is 0 Å². The van der Waals surface area contributed by atoms with E-state index < -0.39 is 22.3 Å². The van der Waals surface area contributed by atoms with Crippen molar-refractivity contribution in [2.75, 3.05) is 12.0 Å². The molecule has 0 saturated carbocycles. The van der Waals surface area contributed by atoms with Crippen molar-refractivity contribution in [3.8, 4) is 0 Å². The van der Waals surface area contributed by atoms with Crippen LogP contribution in [0, 0.1) is 10.1 Å². The van der Waals surface area contributed by atoms with E-state index in [-0.39, 0.29) is 42.1 Å². The van der Waals surface area contributed by atoms with Crippen molar-refractivity contribution in [1.29, 1.82) is 0 Å². The molecule has 0 spiro atoms. The average Bonchev–Trinajstić information content (AvgIpc) is 3.09. The number of nitrogens with zero attached hydrogens (tertiary/aromatic N) is 5. The Balaban J connectivity index is 1.96. The summed E-state index contributed by atoms with van der Waals surface area (Å²) in [7, 11) is 1.45. The highest BCUT2D eigenvalue weighted by Crippen LogP contribution is 2.17. The second-order valence-corrected chi connectivity index (χ2v) is 7.29. The predicted octanol–water partition coefficient (Wildman–Crippen LogP) is 0.563. The summed E-state index contributed by atoms with van der Waals surface area (Å²) in [6.45, 7) is 3.63. The van der Waals surface area contributed by atoms with Crippen LogP contribution < -0.4 is 16.7 Å². The van der Waals surface area contributed by atoms with Gasteiger partial charge in [0.25, 0.3) is 11.2 Å². The van der Waals surface area contributed by atoms with Gasteiger partial charge in [-0.3, -0.25) is 24.5 Å². The summed E-state index contributed by atoms with van der Waals surface area (Å²) in [4.78, 5) is 41.3. The number of anilines is 1. The first-order valence-corrected chi connectivity index (χ1v) is 9.70. The number of aliphatic hydroxyl groups is 1. The monoisotopic (exact) mass is 445 g/mol. The minimum atomic E-state index is -0.965. The number of aromatic nitrogens is 4. The number of aliphatic hydroxyl groups excluding tert-OH is 1. The lowest BCUT2D eigenvalue weighted by Crippen LogP contribution is -2.30. The van der Waals surface area contributed by atoms with Gasteiger partial charge in [0.15, 0.2) is 11.2 Å². The van der Waals surface area contributed by atoms with E-state index in [0.29, 0.717) is 5.56 Å². The van der Waals surface area contributed by atoms with Crippen molar-refractivity contribution in [2.45, 2.75) is 32.6 Å². The van der Waals surface area contributed by atoms with Gasteiger partial charge in [0.1, 0.15) is 0 Å². The van der Waals surface area contributed by atoms with E-state index in [2.05, 4.69) is 20.5 Å². The van der Waals surface area contributed by atoms with Crippen LogP contribution in [0.4, 0.5) is 11.6 Å². The quantitative estimate of drug-likeness (QED) is 0.244. The number of benzene rings is 1. The molecule has 170 valence electrons. The number of hydrogen-bond acceptors (Lipinski definition) is 9. The van der Waals surface area contributed by atoms with Crippen LogP contribution in [0.25, 0.3) is 11.2 Å². The van der Waals surface area contributed by atoms with Gasteiger partial charge in [-0.1, -0.05) is 12.1 Å². The first-order chi connectivity index (χ1) is 15.2. The van der Waals surface area contributed by atoms with Crippen LogP contribution in [0.3, 0.4) is 0 Å². The SMILES string of the molecule is CC(C)OC[C@@H](O)Cn1c(N/N=C/c2cccc([N+](=O)[O-])c2)nc2c1c(=O)[nH]c(=O)n2C. The smallest absolute Gasteiger partial charge is 0.329 e. The third-order valence-electron chi connectivity index (χ3n) is 4.48. The zero-order chi connectivity index (χ0) is 23.4. The number of hydrogen-bond donors (Lipinski definition) is 3. The third-order valence-corrected chi connectivity index (χ3v) is 4.48. The number of rotatable bonds is 9. The number of nitro benzene ring substituents is 1. The lowest BCUT2D eigenvalue weighted by Gasteiger charge is -2.15. The van der Waals surface area contributed by atoms with E-state index in [1.54, 1.807) is 6.07 Å². The molecule has 0 saturated heterocycles. The van der Waals surface area contributed by atoms with Gasteiger partial charge in [0.05, 0.1) is 36.5 Å². The lowest BCUT2D eigenvalue weighted by atomic mass is 10.2. The number of aromatic amines is 1. The summed E-state index contributed by atoms with van der Waals surface area (Å²) in [6.07, 6.45) is 0.288. The van der Waals surface area contributed by atoms with Gasteiger partial charge in [-0.15, -0.1) is 0 Å². The summed E-state index contributed by atoms with van der Waals surface area (Å²) in [5.74, 6) is 0.0944. The Morgan fingerprint density at radius 1 is 1.41 bits per heavy atom. The Morgan fingerprint density at radius 2 is 2.16 bits per heavy atom. The van der Waals surface area contributed by atoms with Crippen LogP contribution in [0.2, 0.25) is 0 Å². The molecule has 13 heteroatoms. The van der Waals surface area contributed by atoms with Crippen molar-refractivity contribution in [2.24, 2.45) is 12.1 Å². The highest BCUT2D eigenvalue weighted by atomic mass is 16.6. The fourth-order valence-corrected chi connectivity index (χ4v) is 2.95. The molecule has 0 unspecified atom stereocenters. The maximum atomic E-state index is 12.5. The molecule has 32 heavy (non-hydrogen) atoms. The topological polar surface area (TPSA) is 170 Å². The molecule has 3 rings (SSSR count). The maximum absolute atomic E-state index is 12.5. The van der Waals surface area contributed by atoms with E-state index in [4.69, 9.17) is 4.74 Å². The fourth-order valence-electron chi connectivity index (χ4n) is 2.95. The molecule has 0 bridgehead atoms. The van der Waals surface area contributed by atoms with E-state index in [1.165, 1.54) is 40.6 Å². The Hall–Kier alpha value is -3.84. The van der Waals surface area contributed by atoms with Gasteiger partial charge in [0.2, 0.25) is 5.95 Å². The number of H-pyrrole nitrogens is 1. The van der Waals surface area contributed by atoms with Gasteiger partial charge in [0, 0.05) is 24.7 Å². The van der Waals surface area contributed by atoms with Crippen molar-refractivity contribution >= 4 is 29.0 Å². The summed E-state index contributed by atoms with van der Waals surface area (Å²) in [5, 5.41) is 25.3. The second-order valence-electron chi connectivity index (χ2n) is 7.29. The Bertz CT molecular complexity index is 1270. The molecule has 0 fully saturated rings. The average molecular weight is 445 g/mol. The van der Waals surface area contributed by atoms with Crippen LogP contribution in [0.15, 0.2) is 39.0 Å². The molecule has 3 aromatic rings. The molecule has 0 aliphatic rings. The summed E-state index contributed by atoms with van der Waals surface area (Å²) >= 11 is 0. The highest BCUT2D eigenvalue weighted by Gasteiger charge is 2.20. The number of nitrogens with one attached hydrogen (secondary N) is 2. The van der Waals surface area contributed by atoms with E-state index in [1.807, 2.05) is 13.8 Å². The van der Waals surface area contributed by atoms with Gasteiger partial charge in [-0.25, -0.2) is 10.2 Å². The largest absolute Gasteiger partial charge is 0.389 e. The zero-order valence-corrected chi connectivity index (χ0v) is 17.7. The molecule has 2 heterocycles. The van der Waals surface area contributed by atoms with Crippen LogP contribution in [-0.2, 0) is 18.3 Å². The number of non-ortho nitro benzene ring substituents is 1. The first-order valence-electron chi connectivity index (χ1n) is 9.70. The minimum absolute atomic E-state index is 0.0252. The van der Waals surface area contributed by atoms with E-state index in [0.717, 1.165) is 0 Å². The molecule has 0 amide bonds. The summed E-state index contributed by atoms with van der Waals surface area (Å²) in [6, 6.07) is 5.85. The van der Waals surface area contributed by atoms with Crippen LogP contribution in [0.1, 0.15) is 19.4 Å². The van der Waals surface area contributed by atoms with Gasteiger partial charge in [-0.05, 0) is 13.8 Å². The summed E-state index contributed by atoms with van der Waals surface area (Å²) in [5.41, 5.74) is 1.92. The third kappa shape index (κ3) is 5.07. The molecular weight excluding hydrogens is 422 g/mol. The van der Waals surface area contributed by atoms with Gasteiger partial charge >= 0.3 is 5.69 Å². The predicted molar refractivity (Wildman–Crippen MR) is 117 cm³/mol. The lowest BCUT2D eigenvalue weighted by molar-refractivity contribution is -0.384. The number of aryl methyl sites for hydroxylation is 1. The molecule has 13 nitrogen and oxygen atoms in total. The number of ether oxygens (including phenoxy) is 1. The van der Waals surface area contributed by atoms with Crippen LogP contribution >= 0.6 is 0 Å². The number of nitro groups is 1. The Morgan fingerprint density at radius 3 is 2.84 bits per heavy atom. The zero-order valence-electron chi connectivity index (χ0n) is 17.7. The van der Waals surface area contributed by atoms with Crippen molar-refractivity contribution < 1.29 is 14.8 Å². The molecular formula is C19H23N7O6. The fraction of sp³-hybridized carbons (Fsp3) is 0.368. The number of imidazole rings is 1. The molecule has 0 aliphatic heterocycles. The standard InChI is InChI=1S/C19H23N7O6/c1-11(2)32-10-14(27)9-25-15-16(24(3)19(29)22-17(15)28)21-18(25)23-20-8-12-5-4-6-13(7-12)26(30)31/h4-8,11,14,27H,9-10H2,1-3H3,(H,21,23)(H,22,28,29)/b20-8+/t14-/m0/s1. The second kappa shape index (κ2) is 9.53. The van der Waals surface area contributed by atoms with Gasteiger partial charge in [-0.2, -0.15) is 10.1 Å². The molecule has 1 aromatic carbocycles. The van der Waals surface area contributed by atoms with E-state index >= 15 is 0 Å². The van der Waals surface area contributed by atoms with Crippen molar-refractivity contribution in [1.82, 2.24) is 19.1 Å². The maximum Gasteiger partial charge on any atom is 0.329 e. The van der Waals surface area contributed by atoms with Gasteiger partial charge < -0.3 is 14.4 Å². The number of hydrazone groups is 1. The molecule has 0 aliphatic carbocycles. The molecule has 3 N–H and O–H groups in total. The molecule has 1 atom stereocenters.